The summed E-state index contributed by atoms with van der Waals surface area (Å²) in [7, 11) is 3.13. The molecule has 7 heteroatoms. The number of hydrogen-bond donors (Lipinski definition) is 1. The molecular formula is C17H23NO6. The predicted molar refractivity (Wildman–Crippen MR) is 86.4 cm³/mol. The van der Waals surface area contributed by atoms with E-state index >= 15 is 0 Å². The molecule has 132 valence electrons. The molecular weight excluding hydrogens is 314 g/mol. The zero-order chi connectivity index (χ0) is 17.7. The second kappa shape index (κ2) is 8.01. The number of aryl methyl sites for hydroxylation is 1. The number of carboxylic acid groups (broad SMARTS) is 1. The lowest BCUT2D eigenvalue weighted by Crippen LogP contribution is -2.51. The Balaban J connectivity index is 1.96. The van der Waals surface area contributed by atoms with Crippen LogP contribution in [0.15, 0.2) is 18.2 Å². The van der Waals surface area contributed by atoms with E-state index in [-0.39, 0.29) is 18.6 Å². The van der Waals surface area contributed by atoms with Crippen molar-refractivity contribution >= 4 is 11.9 Å². The Labute approximate surface area is 141 Å². The van der Waals surface area contributed by atoms with Gasteiger partial charge in [0.15, 0.2) is 17.6 Å². The fraction of sp³-hybridized carbons (Fsp3) is 0.529. The van der Waals surface area contributed by atoms with Crippen LogP contribution in [0.5, 0.6) is 11.5 Å². The van der Waals surface area contributed by atoms with E-state index in [9.17, 15) is 9.59 Å². The molecule has 2 atom stereocenters. The van der Waals surface area contributed by atoms with Gasteiger partial charge in [-0.1, -0.05) is 6.07 Å². The number of carboxylic acids is 1. The van der Waals surface area contributed by atoms with Crippen molar-refractivity contribution in [1.29, 1.82) is 0 Å². The molecule has 0 radical (unpaired) electrons. The molecule has 24 heavy (non-hydrogen) atoms. The zero-order valence-corrected chi connectivity index (χ0v) is 14.2. The zero-order valence-electron chi connectivity index (χ0n) is 14.2. The minimum absolute atomic E-state index is 0.0776. The quantitative estimate of drug-likeness (QED) is 0.843. The van der Waals surface area contributed by atoms with E-state index < -0.39 is 12.1 Å². The molecule has 0 bridgehead atoms. The number of benzene rings is 1. The van der Waals surface area contributed by atoms with Gasteiger partial charge in [0.05, 0.1) is 26.9 Å². The average Bonchev–Trinajstić information content (AvgIpc) is 2.58. The lowest BCUT2D eigenvalue weighted by molar-refractivity contribution is -0.166. The minimum Gasteiger partial charge on any atom is -0.493 e. The Morgan fingerprint density at radius 2 is 1.96 bits per heavy atom. The first-order valence-electron chi connectivity index (χ1n) is 7.81. The summed E-state index contributed by atoms with van der Waals surface area (Å²) in [6.45, 7) is 2.27. The van der Waals surface area contributed by atoms with Crippen molar-refractivity contribution in [2.75, 3.05) is 27.3 Å². The lowest BCUT2D eigenvalue weighted by atomic mass is 10.1. The molecule has 1 aromatic rings. The van der Waals surface area contributed by atoms with Crippen molar-refractivity contribution < 1.29 is 28.9 Å². The monoisotopic (exact) mass is 337 g/mol. The number of morpholine rings is 1. The maximum atomic E-state index is 12.4. The van der Waals surface area contributed by atoms with E-state index in [0.29, 0.717) is 30.9 Å². The van der Waals surface area contributed by atoms with Crippen molar-refractivity contribution in [1.82, 2.24) is 4.90 Å². The van der Waals surface area contributed by atoms with E-state index in [1.165, 1.54) is 0 Å². The average molecular weight is 337 g/mol. The number of carbonyl (C=O) groups is 2. The number of carbonyl (C=O) groups excluding carboxylic acids is 1. The van der Waals surface area contributed by atoms with Crippen molar-refractivity contribution in [2.24, 2.45) is 0 Å². The molecule has 1 fully saturated rings. The van der Waals surface area contributed by atoms with Gasteiger partial charge >= 0.3 is 5.97 Å². The van der Waals surface area contributed by atoms with Gasteiger partial charge in [0, 0.05) is 13.0 Å². The normalized spacial score (nSPS) is 20.5. The highest BCUT2D eigenvalue weighted by atomic mass is 16.5. The Morgan fingerprint density at radius 1 is 1.25 bits per heavy atom. The molecule has 1 aliphatic rings. The van der Waals surface area contributed by atoms with Gasteiger partial charge in [-0.15, -0.1) is 0 Å². The van der Waals surface area contributed by atoms with Gasteiger partial charge in [-0.25, -0.2) is 4.79 Å². The fourth-order valence-electron chi connectivity index (χ4n) is 2.74. The van der Waals surface area contributed by atoms with Crippen LogP contribution in [0.25, 0.3) is 0 Å². The smallest absolute Gasteiger partial charge is 0.334 e. The maximum absolute atomic E-state index is 12.4. The summed E-state index contributed by atoms with van der Waals surface area (Å²) < 4.78 is 15.8. The number of nitrogens with zero attached hydrogens (tertiary/aromatic N) is 1. The number of rotatable bonds is 6. The van der Waals surface area contributed by atoms with Gasteiger partial charge in [-0.3, -0.25) is 4.79 Å². The third kappa shape index (κ3) is 4.38. The van der Waals surface area contributed by atoms with E-state index in [2.05, 4.69) is 0 Å². The molecule has 1 N–H and O–H groups in total. The van der Waals surface area contributed by atoms with Gasteiger partial charge in [0.2, 0.25) is 5.91 Å². The molecule has 1 unspecified atom stereocenters. The molecule has 0 saturated carbocycles. The van der Waals surface area contributed by atoms with Crippen molar-refractivity contribution in [3.63, 3.8) is 0 Å². The van der Waals surface area contributed by atoms with Crippen molar-refractivity contribution in [2.45, 2.75) is 32.0 Å². The molecule has 1 heterocycles. The number of aliphatic carboxylic acids is 1. The second-order valence-corrected chi connectivity index (χ2v) is 5.76. The molecule has 7 nitrogen and oxygen atoms in total. The number of hydrogen-bond acceptors (Lipinski definition) is 5. The van der Waals surface area contributed by atoms with Gasteiger partial charge in [0.1, 0.15) is 0 Å². The third-order valence-corrected chi connectivity index (χ3v) is 3.96. The maximum Gasteiger partial charge on any atom is 0.334 e. The molecule has 1 aromatic carbocycles. The van der Waals surface area contributed by atoms with Crippen LogP contribution in [0.2, 0.25) is 0 Å². The van der Waals surface area contributed by atoms with Crippen LogP contribution in [-0.4, -0.2) is 61.4 Å². The van der Waals surface area contributed by atoms with Gasteiger partial charge in [-0.2, -0.15) is 0 Å². The number of amides is 1. The van der Waals surface area contributed by atoms with Crippen LogP contribution in [0.3, 0.4) is 0 Å². The summed E-state index contributed by atoms with van der Waals surface area (Å²) in [5.41, 5.74) is 0.956. The number of methoxy groups -OCH3 is 2. The van der Waals surface area contributed by atoms with Crippen molar-refractivity contribution in [3.8, 4) is 11.5 Å². The highest BCUT2D eigenvalue weighted by molar-refractivity contribution is 5.79. The van der Waals surface area contributed by atoms with E-state index in [0.717, 1.165) is 5.56 Å². The summed E-state index contributed by atoms with van der Waals surface area (Å²) in [6, 6.07) is 5.53. The molecule has 0 aliphatic carbocycles. The summed E-state index contributed by atoms with van der Waals surface area (Å²) in [5.74, 6) is 0.137. The number of ether oxygens (including phenoxy) is 3. The Kier molecular flexibility index (Phi) is 6.03. The van der Waals surface area contributed by atoms with Crippen LogP contribution in [0, 0.1) is 0 Å². The first kappa shape index (κ1) is 18.1. The highest BCUT2D eigenvalue weighted by Crippen LogP contribution is 2.28. The summed E-state index contributed by atoms with van der Waals surface area (Å²) >= 11 is 0. The summed E-state index contributed by atoms with van der Waals surface area (Å²) in [6.07, 6.45) is -0.402. The standard InChI is InChI=1S/C17H23NO6/c1-11-9-18(10-15(24-11)17(20)21)16(19)7-5-12-4-6-13(22-2)14(8-12)23-3/h4,6,8,11,15H,5,7,9-10H2,1-3H3,(H,20,21)/t11-,15?/m1/s1. The minimum atomic E-state index is -1.04. The SMILES string of the molecule is COc1ccc(CCC(=O)N2CC(C(=O)O)O[C@H](C)C2)cc1OC. The molecule has 0 spiro atoms. The van der Waals surface area contributed by atoms with E-state index in [4.69, 9.17) is 19.3 Å². The lowest BCUT2D eigenvalue weighted by Gasteiger charge is -2.35. The van der Waals surface area contributed by atoms with Crippen LogP contribution in [0.4, 0.5) is 0 Å². The third-order valence-electron chi connectivity index (χ3n) is 3.96. The van der Waals surface area contributed by atoms with Gasteiger partial charge < -0.3 is 24.2 Å². The largest absolute Gasteiger partial charge is 0.493 e. The highest BCUT2D eigenvalue weighted by Gasteiger charge is 2.32. The molecule has 1 aliphatic heterocycles. The Morgan fingerprint density at radius 3 is 2.58 bits per heavy atom. The summed E-state index contributed by atoms with van der Waals surface area (Å²) in [5, 5.41) is 9.08. The summed E-state index contributed by atoms with van der Waals surface area (Å²) in [4.78, 5) is 25.0. The van der Waals surface area contributed by atoms with Crippen molar-refractivity contribution in [3.05, 3.63) is 23.8 Å². The molecule has 2 rings (SSSR count). The van der Waals surface area contributed by atoms with Crippen LogP contribution in [-0.2, 0) is 20.7 Å². The van der Waals surface area contributed by atoms with Crippen LogP contribution >= 0.6 is 0 Å². The topological polar surface area (TPSA) is 85.3 Å². The fourth-order valence-corrected chi connectivity index (χ4v) is 2.74. The van der Waals surface area contributed by atoms with Crippen LogP contribution < -0.4 is 9.47 Å². The first-order chi connectivity index (χ1) is 11.4. The van der Waals surface area contributed by atoms with E-state index in [1.54, 1.807) is 32.1 Å². The molecule has 1 amide bonds. The Hall–Kier alpha value is -2.28. The van der Waals surface area contributed by atoms with E-state index in [1.807, 2.05) is 12.1 Å². The Bertz CT molecular complexity index is 603. The van der Waals surface area contributed by atoms with Gasteiger partial charge in [0.25, 0.3) is 0 Å². The second-order valence-electron chi connectivity index (χ2n) is 5.76. The first-order valence-corrected chi connectivity index (χ1v) is 7.81. The predicted octanol–water partition coefficient (Wildman–Crippen LogP) is 1.34. The van der Waals surface area contributed by atoms with Crippen LogP contribution in [0.1, 0.15) is 18.9 Å². The molecule has 1 saturated heterocycles. The molecule has 0 aromatic heterocycles. The van der Waals surface area contributed by atoms with Gasteiger partial charge in [-0.05, 0) is 31.0 Å².